The van der Waals surface area contributed by atoms with E-state index in [9.17, 15) is 0 Å². The average Bonchev–Trinajstić information content (AvgIpc) is 1.89. The molecule has 56 valence electrons. The molecular formula is C8H18O. The van der Waals surface area contributed by atoms with Gasteiger partial charge in [0, 0.05) is 13.2 Å². The van der Waals surface area contributed by atoms with Gasteiger partial charge >= 0.3 is 0 Å². The van der Waals surface area contributed by atoms with E-state index in [-0.39, 0.29) is 0 Å². The molecule has 0 fully saturated rings. The van der Waals surface area contributed by atoms with E-state index in [1.165, 1.54) is 6.42 Å². The molecule has 0 N–H and O–H groups in total. The third kappa shape index (κ3) is 5.84. The summed E-state index contributed by atoms with van der Waals surface area (Å²) in [6.07, 6.45) is 2.36. The predicted molar refractivity (Wildman–Crippen MR) is 40.6 cm³/mol. The highest BCUT2D eigenvalue weighted by molar-refractivity contribution is 4.45. The zero-order valence-electron chi connectivity index (χ0n) is 6.81. The van der Waals surface area contributed by atoms with Crippen LogP contribution in [0.4, 0.5) is 0 Å². The Morgan fingerprint density at radius 3 is 2.44 bits per heavy atom. The molecule has 1 unspecified atom stereocenters. The van der Waals surface area contributed by atoms with Gasteiger partial charge in [-0.05, 0) is 12.3 Å². The van der Waals surface area contributed by atoms with E-state index in [0.29, 0.717) is 0 Å². The normalized spacial score (nSPS) is 13.7. The van der Waals surface area contributed by atoms with Gasteiger partial charge < -0.3 is 4.74 Å². The van der Waals surface area contributed by atoms with Crippen LogP contribution in [0.1, 0.15) is 33.6 Å². The summed E-state index contributed by atoms with van der Waals surface area (Å²) in [5, 5.41) is 0. The SMILES string of the molecule is CCCOCC(C)CC. The lowest BCUT2D eigenvalue weighted by Gasteiger charge is -2.07. The van der Waals surface area contributed by atoms with Crippen molar-refractivity contribution < 1.29 is 4.74 Å². The van der Waals surface area contributed by atoms with Crippen molar-refractivity contribution in [2.75, 3.05) is 13.2 Å². The molecule has 0 heterocycles. The molecule has 1 atom stereocenters. The van der Waals surface area contributed by atoms with Crippen LogP contribution in [-0.4, -0.2) is 13.2 Å². The summed E-state index contributed by atoms with van der Waals surface area (Å²) >= 11 is 0. The lowest BCUT2D eigenvalue weighted by molar-refractivity contribution is 0.104. The first-order valence-corrected chi connectivity index (χ1v) is 3.89. The maximum atomic E-state index is 5.34. The molecule has 9 heavy (non-hydrogen) atoms. The average molecular weight is 130 g/mol. The topological polar surface area (TPSA) is 9.23 Å². The van der Waals surface area contributed by atoms with E-state index in [4.69, 9.17) is 4.74 Å². The first kappa shape index (κ1) is 8.96. The quantitative estimate of drug-likeness (QED) is 0.519. The second kappa shape index (κ2) is 6.09. The van der Waals surface area contributed by atoms with Crippen molar-refractivity contribution in [1.29, 1.82) is 0 Å². The summed E-state index contributed by atoms with van der Waals surface area (Å²) in [4.78, 5) is 0. The molecular weight excluding hydrogens is 112 g/mol. The summed E-state index contributed by atoms with van der Waals surface area (Å²) < 4.78 is 5.34. The van der Waals surface area contributed by atoms with Crippen LogP contribution < -0.4 is 0 Å². The molecule has 0 radical (unpaired) electrons. The smallest absolute Gasteiger partial charge is 0.0491 e. The van der Waals surface area contributed by atoms with Crippen molar-refractivity contribution in [1.82, 2.24) is 0 Å². The van der Waals surface area contributed by atoms with Crippen molar-refractivity contribution in [3.05, 3.63) is 0 Å². The fraction of sp³-hybridized carbons (Fsp3) is 1.00. The van der Waals surface area contributed by atoms with Crippen LogP contribution in [0.5, 0.6) is 0 Å². The van der Waals surface area contributed by atoms with Crippen molar-refractivity contribution in [3.63, 3.8) is 0 Å². The minimum absolute atomic E-state index is 0.733. The largest absolute Gasteiger partial charge is 0.381 e. The standard InChI is InChI=1S/C8H18O/c1-4-6-9-7-8(3)5-2/h8H,4-7H2,1-3H3. The second-order valence-electron chi connectivity index (χ2n) is 2.59. The van der Waals surface area contributed by atoms with Gasteiger partial charge in [0.15, 0.2) is 0 Å². The summed E-state index contributed by atoms with van der Waals surface area (Å²) in [6, 6.07) is 0. The molecule has 0 aromatic rings. The number of hydrogen-bond acceptors (Lipinski definition) is 1. The van der Waals surface area contributed by atoms with Gasteiger partial charge in [-0.1, -0.05) is 27.2 Å². The molecule has 0 amide bonds. The molecule has 0 saturated heterocycles. The Balaban J connectivity index is 2.88. The summed E-state index contributed by atoms with van der Waals surface area (Å²) in [7, 11) is 0. The fourth-order valence-corrected chi connectivity index (χ4v) is 0.547. The van der Waals surface area contributed by atoms with Crippen LogP contribution >= 0.6 is 0 Å². The van der Waals surface area contributed by atoms with E-state index in [0.717, 1.165) is 25.6 Å². The van der Waals surface area contributed by atoms with Gasteiger partial charge in [-0.2, -0.15) is 0 Å². The molecule has 0 aliphatic rings. The van der Waals surface area contributed by atoms with Crippen molar-refractivity contribution in [3.8, 4) is 0 Å². The maximum absolute atomic E-state index is 5.34. The Hall–Kier alpha value is -0.0400. The van der Waals surface area contributed by atoms with Gasteiger partial charge in [-0.3, -0.25) is 0 Å². The Morgan fingerprint density at radius 2 is 2.00 bits per heavy atom. The van der Waals surface area contributed by atoms with Crippen LogP contribution in [0.15, 0.2) is 0 Å². The van der Waals surface area contributed by atoms with Crippen molar-refractivity contribution in [2.24, 2.45) is 5.92 Å². The lowest BCUT2D eigenvalue weighted by Crippen LogP contribution is -2.04. The zero-order valence-corrected chi connectivity index (χ0v) is 6.81. The number of rotatable bonds is 5. The van der Waals surface area contributed by atoms with Crippen LogP contribution in [0, 0.1) is 5.92 Å². The Morgan fingerprint density at radius 1 is 1.33 bits per heavy atom. The first-order valence-electron chi connectivity index (χ1n) is 3.89. The summed E-state index contributed by atoms with van der Waals surface area (Å²) in [5.41, 5.74) is 0. The summed E-state index contributed by atoms with van der Waals surface area (Å²) in [6.45, 7) is 8.40. The molecule has 0 aromatic heterocycles. The Kier molecular flexibility index (Phi) is 6.06. The van der Waals surface area contributed by atoms with Gasteiger partial charge in [0.05, 0.1) is 0 Å². The molecule has 0 aliphatic carbocycles. The molecule has 0 aromatic carbocycles. The minimum atomic E-state index is 0.733. The summed E-state index contributed by atoms with van der Waals surface area (Å²) in [5.74, 6) is 0.733. The highest BCUT2D eigenvalue weighted by Gasteiger charge is 1.95. The number of ether oxygens (including phenoxy) is 1. The van der Waals surface area contributed by atoms with Crippen LogP contribution in [0.2, 0.25) is 0 Å². The molecule has 0 saturated carbocycles. The van der Waals surface area contributed by atoms with Crippen LogP contribution in [0.25, 0.3) is 0 Å². The molecule has 1 heteroatoms. The van der Waals surface area contributed by atoms with Gasteiger partial charge in [0.1, 0.15) is 0 Å². The van der Waals surface area contributed by atoms with E-state index in [1.807, 2.05) is 0 Å². The van der Waals surface area contributed by atoms with E-state index in [1.54, 1.807) is 0 Å². The fourth-order valence-electron chi connectivity index (χ4n) is 0.547. The van der Waals surface area contributed by atoms with Gasteiger partial charge in [0.2, 0.25) is 0 Å². The molecule has 0 bridgehead atoms. The van der Waals surface area contributed by atoms with E-state index >= 15 is 0 Å². The molecule has 0 spiro atoms. The van der Waals surface area contributed by atoms with Gasteiger partial charge in [0.25, 0.3) is 0 Å². The Labute approximate surface area is 58.4 Å². The molecule has 0 aliphatic heterocycles. The van der Waals surface area contributed by atoms with Crippen LogP contribution in [0.3, 0.4) is 0 Å². The molecule has 0 rings (SSSR count). The zero-order chi connectivity index (χ0) is 7.11. The molecule has 1 nitrogen and oxygen atoms in total. The first-order chi connectivity index (χ1) is 4.31. The third-order valence-electron chi connectivity index (χ3n) is 1.45. The minimum Gasteiger partial charge on any atom is -0.381 e. The highest BCUT2D eigenvalue weighted by atomic mass is 16.5. The third-order valence-corrected chi connectivity index (χ3v) is 1.45. The Bertz CT molecular complexity index is 52.5. The van der Waals surface area contributed by atoms with Crippen LogP contribution in [-0.2, 0) is 4.74 Å². The van der Waals surface area contributed by atoms with E-state index in [2.05, 4.69) is 20.8 Å². The lowest BCUT2D eigenvalue weighted by atomic mass is 10.1. The van der Waals surface area contributed by atoms with Gasteiger partial charge in [-0.15, -0.1) is 0 Å². The second-order valence-corrected chi connectivity index (χ2v) is 2.59. The van der Waals surface area contributed by atoms with Gasteiger partial charge in [-0.25, -0.2) is 0 Å². The maximum Gasteiger partial charge on any atom is 0.0491 e. The highest BCUT2D eigenvalue weighted by Crippen LogP contribution is 2.00. The number of hydrogen-bond donors (Lipinski definition) is 0. The van der Waals surface area contributed by atoms with E-state index < -0.39 is 0 Å². The predicted octanol–water partition coefficient (Wildman–Crippen LogP) is 2.46. The van der Waals surface area contributed by atoms with Crippen molar-refractivity contribution >= 4 is 0 Å². The van der Waals surface area contributed by atoms with Crippen molar-refractivity contribution in [2.45, 2.75) is 33.6 Å². The monoisotopic (exact) mass is 130 g/mol.